The zero-order chi connectivity index (χ0) is 17.6. The first-order chi connectivity index (χ1) is 11.9. The highest BCUT2D eigenvalue weighted by atomic mass is 32.2. The Balaban J connectivity index is 1.39. The van der Waals surface area contributed by atoms with E-state index in [4.69, 9.17) is 9.73 Å². The predicted molar refractivity (Wildman–Crippen MR) is 98.4 cm³/mol. The number of ether oxygens (including phenoxy) is 1. The molecule has 6 nitrogen and oxygen atoms in total. The Kier molecular flexibility index (Phi) is 4.73. The number of sulfone groups is 1. The minimum absolute atomic E-state index is 0.218. The Morgan fingerprint density at radius 3 is 2.44 bits per heavy atom. The second-order valence-corrected chi connectivity index (χ2v) is 11.0. The lowest BCUT2D eigenvalue weighted by Gasteiger charge is -2.25. The first-order valence-electron chi connectivity index (χ1n) is 9.80. The van der Waals surface area contributed by atoms with E-state index in [1.807, 2.05) is 0 Å². The van der Waals surface area contributed by atoms with Crippen molar-refractivity contribution in [2.24, 2.45) is 28.7 Å². The smallest absolute Gasteiger partial charge is 0.193 e. The van der Waals surface area contributed by atoms with Gasteiger partial charge in [0, 0.05) is 38.0 Å². The van der Waals surface area contributed by atoms with Crippen molar-refractivity contribution >= 4 is 15.8 Å². The molecule has 0 saturated carbocycles. The molecule has 0 aromatic rings. The molecule has 4 heterocycles. The van der Waals surface area contributed by atoms with E-state index in [1.54, 1.807) is 0 Å². The number of likely N-dealkylation sites (tertiary alicyclic amines) is 1. The molecule has 5 unspecified atom stereocenters. The van der Waals surface area contributed by atoms with Crippen molar-refractivity contribution < 1.29 is 13.2 Å². The third-order valence-corrected chi connectivity index (χ3v) is 8.07. The van der Waals surface area contributed by atoms with E-state index < -0.39 is 9.84 Å². The zero-order valence-electron chi connectivity index (χ0n) is 15.4. The summed E-state index contributed by atoms with van der Waals surface area (Å²) in [6.07, 6.45) is 4.10. The van der Waals surface area contributed by atoms with E-state index in [0.717, 1.165) is 32.0 Å². The topological polar surface area (TPSA) is 71.0 Å². The maximum Gasteiger partial charge on any atom is 0.193 e. The maximum atomic E-state index is 11.7. The van der Waals surface area contributed by atoms with Gasteiger partial charge in [-0.25, -0.2) is 8.42 Å². The molecule has 1 N–H and O–H groups in total. The van der Waals surface area contributed by atoms with Crippen LogP contribution in [-0.4, -0.2) is 69.2 Å². The van der Waals surface area contributed by atoms with Gasteiger partial charge in [0.1, 0.15) is 0 Å². The SMILES string of the molecule is CC(C)CN=C(NCC1CCS(=O)(=O)C1)N1CC2C3CCC(O3)C2C1. The van der Waals surface area contributed by atoms with E-state index in [-0.39, 0.29) is 5.92 Å². The van der Waals surface area contributed by atoms with Crippen LogP contribution in [0.25, 0.3) is 0 Å². The van der Waals surface area contributed by atoms with Crippen LogP contribution in [0.4, 0.5) is 0 Å². The van der Waals surface area contributed by atoms with Crippen LogP contribution in [0.3, 0.4) is 0 Å². The highest BCUT2D eigenvalue weighted by Gasteiger charge is 2.53. The van der Waals surface area contributed by atoms with E-state index >= 15 is 0 Å². The summed E-state index contributed by atoms with van der Waals surface area (Å²) in [7, 11) is -2.82. The lowest BCUT2D eigenvalue weighted by molar-refractivity contribution is 0.0766. The molecule has 2 bridgehead atoms. The largest absolute Gasteiger partial charge is 0.374 e. The van der Waals surface area contributed by atoms with E-state index in [9.17, 15) is 8.42 Å². The van der Waals surface area contributed by atoms with Crippen LogP contribution in [0.2, 0.25) is 0 Å². The molecule has 4 aliphatic heterocycles. The Hall–Kier alpha value is -0.820. The third kappa shape index (κ3) is 3.68. The van der Waals surface area contributed by atoms with Crippen LogP contribution in [0.5, 0.6) is 0 Å². The van der Waals surface area contributed by atoms with Crippen LogP contribution in [0.15, 0.2) is 4.99 Å². The van der Waals surface area contributed by atoms with Gasteiger partial charge in [-0.15, -0.1) is 0 Å². The van der Waals surface area contributed by atoms with Crippen molar-refractivity contribution in [3.8, 4) is 0 Å². The highest BCUT2D eigenvalue weighted by Crippen LogP contribution is 2.47. The minimum atomic E-state index is -2.82. The fourth-order valence-electron chi connectivity index (χ4n) is 4.94. The Labute approximate surface area is 151 Å². The van der Waals surface area contributed by atoms with E-state index in [0.29, 0.717) is 48.0 Å². The molecule has 4 fully saturated rings. The van der Waals surface area contributed by atoms with Crippen LogP contribution in [-0.2, 0) is 14.6 Å². The molecular formula is C18H31N3O3S. The van der Waals surface area contributed by atoms with Crippen molar-refractivity contribution in [2.75, 3.05) is 37.7 Å². The molecule has 0 radical (unpaired) electrons. The first kappa shape index (κ1) is 17.6. The second-order valence-electron chi connectivity index (χ2n) is 8.73. The summed E-state index contributed by atoms with van der Waals surface area (Å²) >= 11 is 0. The van der Waals surface area contributed by atoms with Crippen molar-refractivity contribution in [3.05, 3.63) is 0 Å². The van der Waals surface area contributed by atoms with Gasteiger partial charge in [-0.1, -0.05) is 13.8 Å². The number of aliphatic imine (C=N–C) groups is 1. The Morgan fingerprint density at radius 2 is 1.88 bits per heavy atom. The number of guanidine groups is 1. The van der Waals surface area contributed by atoms with E-state index in [2.05, 4.69) is 24.1 Å². The lowest BCUT2D eigenvalue weighted by atomic mass is 9.82. The van der Waals surface area contributed by atoms with Gasteiger partial charge >= 0.3 is 0 Å². The molecule has 4 rings (SSSR count). The van der Waals surface area contributed by atoms with Crippen LogP contribution >= 0.6 is 0 Å². The highest BCUT2D eigenvalue weighted by molar-refractivity contribution is 7.91. The van der Waals surface area contributed by atoms with Crippen molar-refractivity contribution in [1.82, 2.24) is 10.2 Å². The van der Waals surface area contributed by atoms with Gasteiger partial charge in [0.2, 0.25) is 0 Å². The van der Waals surface area contributed by atoms with Gasteiger partial charge in [0.25, 0.3) is 0 Å². The van der Waals surface area contributed by atoms with Crippen LogP contribution in [0, 0.1) is 23.7 Å². The monoisotopic (exact) mass is 369 g/mol. The number of fused-ring (bicyclic) bond motifs is 5. The van der Waals surface area contributed by atoms with E-state index in [1.165, 1.54) is 12.8 Å². The maximum absolute atomic E-state index is 11.7. The summed E-state index contributed by atoms with van der Waals surface area (Å²) in [4.78, 5) is 7.24. The van der Waals surface area contributed by atoms with Gasteiger partial charge in [0.05, 0.1) is 23.7 Å². The molecule has 0 aliphatic carbocycles. The summed E-state index contributed by atoms with van der Waals surface area (Å²) in [6.45, 7) is 7.93. The standard InChI is InChI=1S/C18H31N3O3S/c1-12(2)7-19-18(20-8-13-5-6-25(22,23)11-13)21-9-14-15(10-21)17-4-3-16(14)24-17/h12-17H,3-11H2,1-2H3,(H,19,20). The molecule has 0 aromatic carbocycles. The second kappa shape index (κ2) is 6.72. The average molecular weight is 370 g/mol. The summed E-state index contributed by atoms with van der Waals surface area (Å²) < 4.78 is 29.4. The molecular weight excluding hydrogens is 338 g/mol. The molecule has 7 heteroatoms. The normalized spacial score (nSPS) is 39.4. The summed E-state index contributed by atoms with van der Waals surface area (Å²) in [5.41, 5.74) is 0. The fraction of sp³-hybridized carbons (Fsp3) is 0.944. The lowest BCUT2D eigenvalue weighted by Crippen LogP contribution is -2.43. The predicted octanol–water partition coefficient (Wildman–Crippen LogP) is 1.13. The quantitative estimate of drug-likeness (QED) is 0.594. The minimum Gasteiger partial charge on any atom is -0.374 e. The summed E-state index contributed by atoms with van der Waals surface area (Å²) in [5.74, 6) is 3.67. The Morgan fingerprint density at radius 1 is 1.20 bits per heavy atom. The van der Waals surface area contributed by atoms with Crippen molar-refractivity contribution in [1.29, 1.82) is 0 Å². The zero-order valence-corrected chi connectivity index (χ0v) is 16.2. The van der Waals surface area contributed by atoms with Gasteiger partial charge in [-0.2, -0.15) is 0 Å². The Bertz CT molecular complexity index is 615. The first-order valence-corrected chi connectivity index (χ1v) is 11.6. The average Bonchev–Trinajstić information content (AvgIpc) is 3.27. The van der Waals surface area contributed by atoms with Gasteiger partial charge < -0.3 is 15.0 Å². The molecule has 4 saturated heterocycles. The van der Waals surface area contributed by atoms with Gasteiger partial charge in [-0.05, 0) is 31.1 Å². The number of nitrogens with one attached hydrogen (secondary N) is 1. The molecule has 25 heavy (non-hydrogen) atoms. The summed E-state index contributed by atoms with van der Waals surface area (Å²) in [6, 6.07) is 0. The van der Waals surface area contributed by atoms with Gasteiger partial charge in [0.15, 0.2) is 15.8 Å². The molecule has 4 aliphatic rings. The molecule has 0 aromatic heterocycles. The fourth-order valence-corrected chi connectivity index (χ4v) is 6.80. The third-order valence-electron chi connectivity index (χ3n) is 6.23. The number of rotatable bonds is 4. The van der Waals surface area contributed by atoms with Crippen molar-refractivity contribution in [2.45, 2.75) is 45.3 Å². The number of nitrogens with zero attached hydrogens (tertiary/aromatic N) is 2. The number of hydrogen-bond acceptors (Lipinski definition) is 4. The van der Waals surface area contributed by atoms with Crippen LogP contribution in [0.1, 0.15) is 33.1 Å². The van der Waals surface area contributed by atoms with Crippen molar-refractivity contribution in [3.63, 3.8) is 0 Å². The summed E-state index contributed by atoms with van der Waals surface area (Å²) in [5, 5.41) is 3.51. The molecule has 0 spiro atoms. The molecule has 5 atom stereocenters. The molecule has 0 amide bonds. The van der Waals surface area contributed by atoms with Crippen LogP contribution < -0.4 is 5.32 Å². The molecule has 142 valence electrons. The van der Waals surface area contributed by atoms with Gasteiger partial charge in [-0.3, -0.25) is 4.99 Å². The number of hydrogen-bond donors (Lipinski definition) is 1.